The van der Waals surface area contributed by atoms with Crippen molar-refractivity contribution < 1.29 is 29.6 Å². The number of carbonyl (C=O) groups is 1. The zero-order valence-electron chi connectivity index (χ0n) is 11.7. The molecule has 0 aromatic heterocycles. The molecule has 3 N–H and O–H groups in total. The van der Waals surface area contributed by atoms with Crippen molar-refractivity contribution >= 4 is 5.78 Å². The fourth-order valence-electron chi connectivity index (χ4n) is 2.58. The van der Waals surface area contributed by atoms with Gasteiger partial charge in [0.2, 0.25) is 5.75 Å². The van der Waals surface area contributed by atoms with E-state index in [9.17, 15) is 20.1 Å². The molecule has 114 valence electrons. The fourth-order valence-corrected chi connectivity index (χ4v) is 2.58. The van der Waals surface area contributed by atoms with E-state index in [1.165, 1.54) is 19.2 Å². The quantitative estimate of drug-likeness (QED) is 0.789. The first-order valence-electron chi connectivity index (χ1n) is 6.63. The van der Waals surface area contributed by atoms with E-state index in [1.807, 2.05) is 0 Å². The third kappa shape index (κ3) is 2.09. The molecule has 0 fully saturated rings. The van der Waals surface area contributed by atoms with Gasteiger partial charge in [-0.2, -0.15) is 0 Å². The van der Waals surface area contributed by atoms with Crippen LogP contribution in [0.3, 0.4) is 0 Å². The predicted octanol–water partition coefficient (Wildman–Crippen LogP) is 2.52. The fraction of sp³-hybridized carbons (Fsp3) is 0.188. The topological polar surface area (TPSA) is 96.2 Å². The Morgan fingerprint density at radius 1 is 1.18 bits per heavy atom. The van der Waals surface area contributed by atoms with Gasteiger partial charge in [-0.15, -0.1) is 0 Å². The molecule has 6 nitrogen and oxygen atoms in total. The first kappa shape index (κ1) is 14.1. The first-order valence-corrected chi connectivity index (χ1v) is 6.63. The summed E-state index contributed by atoms with van der Waals surface area (Å²) in [6, 6.07) is 7.77. The van der Waals surface area contributed by atoms with E-state index in [0.29, 0.717) is 5.56 Å². The maximum atomic E-state index is 12.3. The molecule has 0 radical (unpaired) electrons. The van der Waals surface area contributed by atoms with E-state index in [2.05, 4.69) is 0 Å². The number of hydrogen-bond donors (Lipinski definition) is 3. The molecule has 0 bridgehead atoms. The Morgan fingerprint density at radius 2 is 1.91 bits per heavy atom. The van der Waals surface area contributed by atoms with E-state index in [0.717, 1.165) is 0 Å². The Bertz CT molecular complexity index is 753. The van der Waals surface area contributed by atoms with Crippen LogP contribution in [-0.4, -0.2) is 28.2 Å². The summed E-state index contributed by atoms with van der Waals surface area (Å²) in [5, 5.41) is 29.8. The van der Waals surface area contributed by atoms with Crippen LogP contribution in [-0.2, 0) is 0 Å². The van der Waals surface area contributed by atoms with E-state index in [1.54, 1.807) is 18.2 Å². The molecule has 0 amide bonds. The van der Waals surface area contributed by atoms with Gasteiger partial charge in [0, 0.05) is 11.6 Å². The summed E-state index contributed by atoms with van der Waals surface area (Å²) in [5.74, 6) is -1.23. The zero-order valence-corrected chi connectivity index (χ0v) is 11.7. The number of rotatable bonds is 2. The third-order valence-corrected chi connectivity index (χ3v) is 3.61. The molecule has 22 heavy (non-hydrogen) atoms. The number of para-hydroxylation sites is 1. The maximum absolute atomic E-state index is 12.3. The monoisotopic (exact) mass is 302 g/mol. The molecule has 0 saturated heterocycles. The van der Waals surface area contributed by atoms with E-state index in [-0.39, 0.29) is 40.8 Å². The summed E-state index contributed by atoms with van der Waals surface area (Å²) in [5.41, 5.74) is 0.442. The number of phenolic OH excluding ortho intramolecular Hbond substituents is 3. The normalized spacial score (nSPS) is 16.8. The lowest BCUT2D eigenvalue weighted by Crippen LogP contribution is -2.20. The highest BCUT2D eigenvalue weighted by Crippen LogP contribution is 2.48. The molecule has 2 aromatic rings. The van der Waals surface area contributed by atoms with Crippen LogP contribution >= 0.6 is 0 Å². The average Bonchev–Trinajstić information content (AvgIpc) is 2.47. The highest BCUT2D eigenvalue weighted by Gasteiger charge is 2.34. The molecule has 1 aliphatic heterocycles. The second kappa shape index (κ2) is 5.14. The van der Waals surface area contributed by atoms with Gasteiger partial charge >= 0.3 is 0 Å². The molecule has 6 heteroatoms. The minimum atomic E-state index is -0.687. The van der Waals surface area contributed by atoms with Crippen molar-refractivity contribution in [2.75, 3.05) is 7.11 Å². The number of phenols is 3. The van der Waals surface area contributed by atoms with Crippen molar-refractivity contribution in [3.63, 3.8) is 0 Å². The number of carbonyl (C=O) groups excluding carboxylic acids is 1. The molecule has 1 unspecified atom stereocenters. The lowest BCUT2D eigenvalue weighted by Gasteiger charge is -2.27. The summed E-state index contributed by atoms with van der Waals surface area (Å²) in [4.78, 5) is 12.3. The standard InChI is InChI=1S/C16H14O6/c1-21-16-11(19)7-13-14(15(16)20)10(18)6-12(22-13)8-4-2-3-5-9(8)17/h2-5,7,12,17,19-20H,6H2,1H3. The van der Waals surface area contributed by atoms with E-state index in [4.69, 9.17) is 9.47 Å². The van der Waals surface area contributed by atoms with Crippen LogP contribution in [0, 0.1) is 0 Å². The van der Waals surface area contributed by atoms with Crippen LogP contribution in [0.4, 0.5) is 0 Å². The van der Waals surface area contributed by atoms with Crippen LogP contribution in [0.5, 0.6) is 28.7 Å². The SMILES string of the molecule is COc1c(O)cc2c(c1O)C(=O)CC(c1ccccc1O)O2. The average molecular weight is 302 g/mol. The van der Waals surface area contributed by atoms with Crippen molar-refractivity contribution in [2.24, 2.45) is 0 Å². The number of hydrogen-bond acceptors (Lipinski definition) is 6. The molecular weight excluding hydrogens is 288 g/mol. The van der Waals surface area contributed by atoms with Gasteiger partial charge in [0.05, 0.1) is 13.5 Å². The van der Waals surface area contributed by atoms with Crippen molar-refractivity contribution in [3.05, 3.63) is 41.5 Å². The number of ether oxygens (including phenoxy) is 2. The number of aromatic hydroxyl groups is 3. The van der Waals surface area contributed by atoms with Gasteiger partial charge in [0.1, 0.15) is 23.2 Å². The minimum absolute atomic E-state index is 0.0192. The zero-order chi connectivity index (χ0) is 15.9. The summed E-state index contributed by atoms with van der Waals surface area (Å²) in [7, 11) is 1.28. The second-order valence-corrected chi connectivity index (χ2v) is 4.94. The van der Waals surface area contributed by atoms with Crippen LogP contribution < -0.4 is 9.47 Å². The molecule has 1 atom stereocenters. The Balaban J connectivity index is 2.07. The van der Waals surface area contributed by atoms with Crippen LogP contribution in [0.15, 0.2) is 30.3 Å². The summed E-state index contributed by atoms with van der Waals surface area (Å²) in [6.45, 7) is 0. The summed E-state index contributed by atoms with van der Waals surface area (Å²) >= 11 is 0. The van der Waals surface area contributed by atoms with Crippen molar-refractivity contribution in [1.82, 2.24) is 0 Å². The van der Waals surface area contributed by atoms with Crippen LogP contribution in [0.1, 0.15) is 28.4 Å². The number of methoxy groups -OCH3 is 1. The van der Waals surface area contributed by atoms with E-state index >= 15 is 0 Å². The molecular formula is C16H14O6. The van der Waals surface area contributed by atoms with Gasteiger partial charge in [-0.1, -0.05) is 18.2 Å². The third-order valence-electron chi connectivity index (χ3n) is 3.61. The highest BCUT2D eigenvalue weighted by molar-refractivity contribution is 6.03. The maximum Gasteiger partial charge on any atom is 0.203 e. The van der Waals surface area contributed by atoms with Gasteiger partial charge < -0.3 is 24.8 Å². The molecule has 1 aliphatic rings. The van der Waals surface area contributed by atoms with Crippen molar-refractivity contribution in [2.45, 2.75) is 12.5 Å². The summed E-state index contributed by atoms with van der Waals surface area (Å²) < 4.78 is 10.5. The van der Waals surface area contributed by atoms with Crippen LogP contribution in [0.25, 0.3) is 0 Å². The molecule has 3 rings (SSSR count). The largest absolute Gasteiger partial charge is 0.508 e. The molecule has 0 aliphatic carbocycles. The number of fused-ring (bicyclic) bond motifs is 1. The lowest BCUT2D eigenvalue weighted by atomic mass is 9.94. The molecule has 2 aromatic carbocycles. The first-order chi connectivity index (χ1) is 10.5. The van der Waals surface area contributed by atoms with Gasteiger partial charge in [0.25, 0.3) is 0 Å². The Labute approximate surface area is 126 Å². The van der Waals surface area contributed by atoms with Gasteiger partial charge in [-0.3, -0.25) is 4.79 Å². The van der Waals surface area contributed by atoms with Crippen LogP contribution in [0.2, 0.25) is 0 Å². The summed E-state index contributed by atoms with van der Waals surface area (Å²) in [6.07, 6.45) is -0.722. The molecule has 0 spiro atoms. The van der Waals surface area contributed by atoms with E-state index < -0.39 is 11.9 Å². The smallest absolute Gasteiger partial charge is 0.203 e. The Kier molecular flexibility index (Phi) is 3.29. The molecule has 1 heterocycles. The van der Waals surface area contributed by atoms with Crippen molar-refractivity contribution in [3.8, 4) is 28.7 Å². The minimum Gasteiger partial charge on any atom is -0.508 e. The second-order valence-electron chi connectivity index (χ2n) is 4.94. The highest BCUT2D eigenvalue weighted by atomic mass is 16.5. The molecule has 0 saturated carbocycles. The number of ketones is 1. The van der Waals surface area contributed by atoms with Gasteiger partial charge in [-0.25, -0.2) is 0 Å². The lowest BCUT2D eigenvalue weighted by molar-refractivity contribution is 0.0840. The van der Waals surface area contributed by atoms with Crippen molar-refractivity contribution in [1.29, 1.82) is 0 Å². The van der Waals surface area contributed by atoms with Gasteiger partial charge in [-0.05, 0) is 6.07 Å². The Hall–Kier alpha value is -2.89. The van der Waals surface area contributed by atoms with Gasteiger partial charge in [0.15, 0.2) is 17.3 Å². The Morgan fingerprint density at radius 3 is 2.59 bits per heavy atom. The predicted molar refractivity (Wildman–Crippen MR) is 76.7 cm³/mol. The number of Topliss-reactive ketones (excluding diaryl/α,β-unsaturated/α-hetero) is 1. The number of benzene rings is 2.